The molecule has 1 amide bonds. The molecule has 0 spiro atoms. The van der Waals surface area contributed by atoms with Gasteiger partial charge in [0, 0.05) is 18.5 Å². The molecule has 76 valence electrons. The predicted molar refractivity (Wildman–Crippen MR) is 51.5 cm³/mol. The maximum Gasteiger partial charge on any atom is 0.258 e. The molecule has 0 aromatic carbocycles. The molecule has 2 N–H and O–H groups in total. The van der Waals surface area contributed by atoms with Gasteiger partial charge in [-0.1, -0.05) is 11.6 Å². The second kappa shape index (κ2) is 3.25. The summed E-state index contributed by atoms with van der Waals surface area (Å²) in [4.78, 5) is 12.8. The first-order valence-corrected chi connectivity index (χ1v) is 4.68. The van der Waals surface area contributed by atoms with Gasteiger partial charge in [0.1, 0.15) is 5.84 Å². The molecule has 2 heterocycles. The van der Waals surface area contributed by atoms with Gasteiger partial charge >= 0.3 is 0 Å². The average molecular weight is 216 g/mol. The summed E-state index contributed by atoms with van der Waals surface area (Å²) in [5, 5.41) is 13.8. The van der Waals surface area contributed by atoms with Crippen molar-refractivity contribution >= 4 is 23.3 Å². The third-order valence-corrected chi connectivity index (χ3v) is 2.79. The summed E-state index contributed by atoms with van der Waals surface area (Å²) >= 11 is 5.77. The summed E-state index contributed by atoms with van der Waals surface area (Å²) in [7, 11) is 0. The normalized spacial score (nSPS) is 27.1. The minimum Gasteiger partial charge on any atom is -0.368 e. The second-order valence-electron chi connectivity index (χ2n) is 3.21. The maximum atomic E-state index is 11.6. The minimum atomic E-state index is -1.07. The van der Waals surface area contributed by atoms with E-state index in [2.05, 4.69) is 10.5 Å². The predicted octanol–water partition coefficient (Wildman–Crippen LogP) is -0.0334. The Labute approximate surface area is 86.0 Å². The van der Waals surface area contributed by atoms with Crippen LogP contribution in [0.25, 0.3) is 0 Å². The third kappa shape index (κ3) is 1.20. The number of halogens is 1. The molecule has 1 atom stereocenters. The minimum absolute atomic E-state index is 0.185. The Balaban J connectivity index is 2.28. The lowest BCUT2D eigenvalue weighted by atomic mass is 10.3. The molecule has 0 aliphatic carbocycles. The molecule has 0 radical (unpaired) electrons. The lowest BCUT2D eigenvalue weighted by Gasteiger charge is -2.19. The lowest BCUT2D eigenvalue weighted by molar-refractivity contribution is -0.126. The molecular formula is C8H10ClN3O2. The smallest absolute Gasteiger partial charge is 0.258 e. The number of nitrogens with zero attached hydrogens (tertiary/aromatic N) is 2. The summed E-state index contributed by atoms with van der Waals surface area (Å²) in [6, 6.07) is 0. The number of amides is 1. The number of amidine groups is 1. The summed E-state index contributed by atoms with van der Waals surface area (Å²) in [5.41, 5.74) is 3.12. The van der Waals surface area contributed by atoms with Crippen LogP contribution in [0.5, 0.6) is 0 Å². The highest BCUT2D eigenvalue weighted by molar-refractivity contribution is 6.34. The molecule has 5 nitrogen and oxygen atoms in total. The van der Waals surface area contributed by atoms with Crippen LogP contribution in [0.3, 0.4) is 0 Å². The molecule has 2 aliphatic rings. The van der Waals surface area contributed by atoms with Crippen LogP contribution in [-0.2, 0) is 4.79 Å². The van der Waals surface area contributed by atoms with Crippen molar-refractivity contribution in [3.05, 3.63) is 10.6 Å². The number of hydrazone groups is 1. The van der Waals surface area contributed by atoms with E-state index in [1.165, 1.54) is 4.90 Å². The van der Waals surface area contributed by atoms with Crippen LogP contribution >= 0.6 is 11.6 Å². The molecule has 0 fully saturated rings. The highest BCUT2D eigenvalue weighted by Crippen LogP contribution is 2.28. The Kier molecular flexibility index (Phi) is 2.20. The first-order valence-electron chi connectivity index (χ1n) is 4.30. The largest absolute Gasteiger partial charge is 0.368 e. The van der Waals surface area contributed by atoms with E-state index < -0.39 is 6.23 Å². The van der Waals surface area contributed by atoms with Crippen molar-refractivity contribution in [1.82, 2.24) is 10.3 Å². The van der Waals surface area contributed by atoms with Crippen molar-refractivity contribution in [1.29, 1.82) is 0 Å². The molecule has 1 unspecified atom stereocenters. The van der Waals surface area contributed by atoms with Gasteiger partial charge in [0.25, 0.3) is 5.91 Å². The fourth-order valence-electron chi connectivity index (χ4n) is 1.50. The van der Waals surface area contributed by atoms with Gasteiger partial charge in [-0.25, -0.2) is 0 Å². The van der Waals surface area contributed by atoms with Crippen LogP contribution in [0, 0.1) is 0 Å². The van der Waals surface area contributed by atoms with Crippen LogP contribution in [0.1, 0.15) is 13.3 Å². The van der Waals surface area contributed by atoms with E-state index >= 15 is 0 Å². The average Bonchev–Trinajstić information content (AvgIpc) is 2.73. The Morgan fingerprint density at radius 1 is 1.71 bits per heavy atom. The van der Waals surface area contributed by atoms with Crippen molar-refractivity contribution < 1.29 is 9.90 Å². The molecule has 14 heavy (non-hydrogen) atoms. The first-order chi connectivity index (χ1) is 6.63. The quantitative estimate of drug-likeness (QED) is 0.596. The molecule has 0 saturated heterocycles. The van der Waals surface area contributed by atoms with Crippen molar-refractivity contribution in [2.45, 2.75) is 19.6 Å². The summed E-state index contributed by atoms with van der Waals surface area (Å²) in [6.07, 6.45) is -0.442. The highest BCUT2D eigenvalue weighted by atomic mass is 35.5. The van der Waals surface area contributed by atoms with Crippen LogP contribution in [0.2, 0.25) is 0 Å². The zero-order valence-corrected chi connectivity index (χ0v) is 8.38. The maximum absolute atomic E-state index is 11.6. The van der Waals surface area contributed by atoms with Gasteiger partial charge in [-0.2, -0.15) is 5.10 Å². The number of carbonyl (C=O) groups excluding carboxylic acids is 1. The number of carbonyl (C=O) groups is 1. The van der Waals surface area contributed by atoms with Gasteiger partial charge in [-0.3, -0.25) is 9.69 Å². The van der Waals surface area contributed by atoms with Gasteiger partial charge in [0.05, 0.1) is 5.03 Å². The number of aliphatic hydroxyl groups excluding tert-OH is 1. The van der Waals surface area contributed by atoms with Crippen LogP contribution in [0.15, 0.2) is 15.7 Å². The molecule has 0 aromatic heterocycles. The van der Waals surface area contributed by atoms with Gasteiger partial charge < -0.3 is 10.5 Å². The molecule has 6 heteroatoms. The van der Waals surface area contributed by atoms with E-state index in [4.69, 9.17) is 11.6 Å². The molecule has 0 bridgehead atoms. The number of rotatable bonds is 0. The Hall–Kier alpha value is -1.07. The fraction of sp³-hybridized carbons (Fsp3) is 0.500. The second-order valence-corrected chi connectivity index (χ2v) is 3.62. The zero-order chi connectivity index (χ0) is 10.3. The summed E-state index contributed by atoms with van der Waals surface area (Å²) in [6.45, 7) is 2.28. The van der Waals surface area contributed by atoms with Crippen LogP contribution in [-0.4, -0.2) is 34.5 Å². The van der Waals surface area contributed by atoms with Crippen molar-refractivity contribution in [3.8, 4) is 0 Å². The Morgan fingerprint density at radius 3 is 2.86 bits per heavy atom. The number of nitrogens with one attached hydrogen (secondary N) is 1. The molecule has 0 aromatic rings. The molecule has 0 saturated carbocycles. The van der Waals surface area contributed by atoms with Crippen molar-refractivity contribution in [2.24, 2.45) is 5.10 Å². The van der Waals surface area contributed by atoms with E-state index in [9.17, 15) is 9.90 Å². The number of hydrogen-bond donors (Lipinski definition) is 2. The summed E-state index contributed by atoms with van der Waals surface area (Å²) < 4.78 is 0. The van der Waals surface area contributed by atoms with Gasteiger partial charge in [0.2, 0.25) is 0 Å². The summed E-state index contributed by atoms with van der Waals surface area (Å²) in [5.74, 6) is 0.266. The SMILES string of the molecule is CC1=C(Cl)C(O)N(C2=NNCC2)C1=O. The van der Waals surface area contributed by atoms with E-state index in [-0.39, 0.29) is 10.9 Å². The first kappa shape index (κ1) is 9.48. The Bertz CT molecular complexity index is 350. The topological polar surface area (TPSA) is 64.9 Å². The van der Waals surface area contributed by atoms with Gasteiger partial charge in [-0.05, 0) is 6.92 Å². The van der Waals surface area contributed by atoms with Crippen LogP contribution < -0.4 is 5.43 Å². The third-order valence-electron chi connectivity index (χ3n) is 2.32. The lowest BCUT2D eigenvalue weighted by Crippen LogP contribution is -2.39. The van der Waals surface area contributed by atoms with Gasteiger partial charge in [0.15, 0.2) is 6.23 Å². The highest BCUT2D eigenvalue weighted by Gasteiger charge is 2.38. The van der Waals surface area contributed by atoms with E-state index in [0.717, 1.165) is 0 Å². The molecule has 2 aliphatic heterocycles. The standard InChI is InChI=1S/C8H10ClN3O2/c1-4-6(9)8(14)12(7(4)13)5-2-3-10-11-5/h8,10,14H,2-3H2,1H3. The van der Waals surface area contributed by atoms with E-state index in [1.54, 1.807) is 6.92 Å². The van der Waals surface area contributed by atoms with Crippen molar-refractivity contribution in [3.63, 3.8) is 0 Å². The Morgan fingerprint density at radius 2 is 2.43 bits per heavy atom. The van der Waals surface area contributed by atoms with E-state index in [0.29, 0.717) is 24.4 Å². The zero-order valence-electron chi connectivity index (χ0n) is 7.62. The molecule has 2 rings (SSSR count). The van der Waals surface area contributed by atoms with Crippen molar-refractivity contribution in [2.75, 3.05) is 6.54 Å². The van der Waals surface area contributed by atoms with Gasteiger partial charge in [-0.15, -0.1) is 0 Å². The number of hydrogen-bond acceptors (Lipinski definition) is 4. The molecular weight excluding hydrogens is 206 g/mol. The monoisotopic (exact) mass is 215 g/mol. The van der Waals surface area contributed by atoms with Crippen LogP contribution in [0.4, 0.5) is 0 Å². The fourth-order valence-corrected chi connectivity index (χ4v) is 1.68. The van der Waals surface area contributed by atoms with E-state index in [1.807, 2.05) is 0 Å². The number of aliphatic hydroxyl groups is 1.